The van der Waals surface area contributed by atoms with Crippen LogP contribution < -0.4 is 9.62 Å². The molecule has 0 aromatic heterocycles. The zero-order valence-electron chi connectivity index (χ0n) is 22.0. The van der Waals surface area contributed by atoms with Crippen molar-refractivity contribution in [3.05, 3.63) is 65.5 Å². The van der Waals surface area contributed by atoms with Crippen LogP contribution in [-0.2, 0) is 26.2 Å². The molecule has 2 aromatic rings. The molecule has 2 amide bonds. The van der Waals surface area contributed by atoms with Gasteiger partial charge >= 0.3 is 0 Å². The van der Waals surface area contributed by atoms with Crippen LogP contribution in [0.5, 0.6) is 0 Å². The highest BCUT2D eigenvalue weighted by atomic mass is 32.2. The van der Waals surface area contributed by atoms with Gasteiger partial charge in [0, 0.05) is 25.0 Å². The molecule has 1 N–H and O–H groups in total. The number of carbonyl (C=O) groups excluding carboxylic acids is 2. The summed E-state index contributed by atoms with van der Waals surface area (Å²) in [5.74, 6) is -0.927. The van der Waals surface area contributed by atoms with Gasteiger partial charge in [0.2, 0.25) is 21.8 Å². The molecule has 0 heterocycles. The second-order valence-electron chi connectivity index (χ2n) is 10.1. The molecule has 0 spiro atoms. The van der Waals surface area contributed by atoms with Crippen LogP contribution in [0.15, 0.2) is 48.5 Å². The van der Waals surface area contributed by atoms with Crippen LogP contribution in [0.2, 0.25) is 0 Å². The number of nitrogens with zero attached hydrogens (tertiary/aromatic N) is 2. The first-order chi connectivity index (χ1) is 16.7. The molecule has 36 heavy (non-hydrogen) atoms. The molecule has 9 heteroatoms. The summed E-state index contributed by atoms with van der Waals surface area (Å²) in [6.45, 7) is 9.82. The zero-order valence-corrected chi connectivity index (χ0v) is 22.9. The minimum atomic E-state index is -3.64. The van der Waals surface area contributed by atoms with Gasteiger partial charge < -0.3 is 10.2 Å². The fraction of sp³-hybridized carbons (Fsp3) is 0.481. The lowest BCUT2D eigenvalue weighted by Gasteiger charge is -2.33. The summed E-state index contributed by atoms with van der Waals surface area (Å²) in [6, 6.07) is 12.3. The normalized spacial score (nSPS) is 12.6. The quantitative estimate of drug-likeness (QED) is 0.477. The molecule has 0 unspecified atom stereocenters. The number of aryl methyl sites for hydroxylation is 1. The molecule has 0 aliphatic rings. The molecular weight excluding hydrogens is 481 g/mol. The van der Waals surface area contributed by atoms with Crippen molar-refractivity contribution in [3.8, 4) is 0 Å². The van der Waals surface area contributed by atoms with Crippen LogP contribution in [0.1, 0.15) is 58.1 Å². The number of nitrogens with one attached hydrogen (secondary N) is 1. The summed E-state index contributed by atoms with van der Waals surface area (Å²) in [5, 5.41) is 2.97. The van der Waals surface area contributed by atoms with Crippen LogP contribution in [-0.4, -0.2) is 49.5 Å². The number of halogens is 1. The van der Waals surface area contributed by atoms with Gasteiger partial charge in [-0.05, 0) is 70.4 Å². The van der Waals surface area contributed by atoms with E-state index < -0.39 is 27.4 Å². The zero-order chi connectivity index (χ0) is 27.1. The molecule has 0 aliphatic carbocycles. The third-order valence-electron chi connectivity index (χ3n) is 5.59. The summed E-state index contributed by atoms with van der Waals surface area (Å²) in [4.78, 5) is 28.1. The molecule has 0 fully saturated rings. The third kappa shape index (κ3) is 8.93. The van der Waals surface area contributed by atoms with Crippen molar-refractivity contribution < 1.29 is 22.4 Å². The first-order valence-electron chi connectivity index (χ1n) is 12.1. The number of sulfonamides is 1. The summed E-state index contributed by atoms with van der Waals surface area (Å²) in [6.07, 6.45) is 1.81. The van der Waals surface area contributed by atoms with Gasteiger partial charge in [0.05, 0.1) is 11.9 Å². The Morgan fingerprint density at radius 1 is 1.08 bits per heavy atom. The number of amides is 2. The van der Waals surface area contributed by atoms with Crippen molar-refractivity contribution >= 4 is 27.5 Å². The van der Waals surface area contributed by atoms with Crippen LogP contribution in [0.3, 0.4) is 0 Å². The van der Waals surface area contributed by atoms with E-state index in [9.17, 15) is 22.4 Å². The van der Waals surface area contributed by atoms with E-state index in [2.05, 4.69) is 5.32 Å². The molecule has 2 rings (SSSR count). The Morgan fingerprint density at radius 3 is 2.25 bits per heavy atom. The van der Waals surface area contributed by atoms with E-state index in [-0.39, 0.29) is 37.7 Å². The van der Waals surface area contributed by atoms with E-state index >= 15 is 0 Å². The van der Waals surface area contributed by atoms with Crippen molar-refractivity contribution in [2.45, 2.75) is 72.0 Å². The standard InChI is InChI=1S/C27H38FN3O4S/c1-7-24(26(33)29-27(3,4)5)30(19-21-11-8-10-20(2)18-21)25(32)12-9-17-31(36(6,34)35)23-15-13-22(28)14-16-23/h8,10-11,13-16,18,24H,7,9,12,17,19H2,1-6H3,(H,29,33)/t24-/m0/s1. The van der Waals surface area contributed by atoms with Crippen molar-refractivity contribution in [1.29, 1.82) is 0 Å². The highest BCUT2D eigenvalue weighted by Gasteiger charge is 2.30. The molecule has 0 saturated heterocycles. The van der Waals surface area contributed by atoms with Gasteiger partial charge in [-0.15, -0.1) is 0 Å². The molecule has 7 nitrogen and oxygen atoms in total. The number of rotatable bonds is 11. The Bertz CT molecular complexity index is 1140. The van der Waals surface area contributed by atoms with Crippen LogP contribution in [0.4, 0.5) is 10.1 Å². The second-order valence-corrected chi connectivity index (χ2v) is 12.0. The summed E-state index contributed by atoms with van der Waals surface area (Å²) < 4.78 is 39.2. The highest BCUT2D eigenvalue weighted by molar-refractivity contribution is 7.92. The molecule has 0 saturated carbocycles. The number of carbonyl (C=O) groups is 2. The van der Waals surface area contributed by atoms with Gasteiger partial charge in [-0.1, -0.05) is 36.8 Å². The Hall–Kier alpha value is -2.94. The van der Waals surface area contributed by atoms with Crippen LogP contribution in [0.25, 0.3) is 0 Å². The van der Waals surface area contributed by atoms with Crippen molar-refractivity contribution in [2.75, 3.05) is 17.1 Å². The van der Waals surface area contributed by atoms with E-state index in [0.717, 1.165) is 21.7 Å². The Labute approximate surface area is 214 Å². The van der Waals surface area contributed by atoms with E-state index in [0.29, 0.717) is 12.1 Å². The molecule has 1 atom stereocenters. The van der Waals surface area contributed by atoms with E-state index in [1.807, 2.05) is 58.9 Å². The maximum Gasteiger partial charge on any atom is 0.243 e. The molecule has 0 radical (unpaired) electrons. The van der Waals surface area contributed by atoms with E-state index in [1.165, 1.54) is 24.3 Å². The second kappa shape index (κ2) is 12.3. The van der Waals surface area contributed by atoms with Crippen LogP contribution in [0, 0.1) is 12.7 Å². The lowest BCUT2D eigenvalue weighted by Crippen LogP contribution is -2.53. The van der Waals surface area contributed by atoms with Crippen molar-refractivity contribution in [2.24, 2.45) is 0 Å². The van der Waals surface area contributed by atoms with E-state index in [1.54, 1.807) is 4.90 Å². The summed E-state index contributed by atoms with van der Waals surface area (Å²) in [5.41, 5.74) is 1.84. The SMILES string of the molecule is CC[C@@H](C(=O)NC(C)(C)C)N(Cc1cccc(C)c1)C(=O)CCCN(c1ccc(F)cc1)S(C)(=O)=O. The van der Waals surface area contributed by atoms with Gasteiger partial charge in [0.25, 0.3) is 0 Å². The summed E-state index contributed by atoms with van der Waals surface area (Å²) in [7, 11) is -3.64. The Balaban J connectivity index is 2.23. The van der Waals surface area contributed by atoms with Gasteiger partial charge in [-0.2, -0.15) is 0 Å². The van der Waals surface area contributed by atoms with Gasteiger partial charge in [-0.25, -0.2) is 12.8 Å². The molecule has 0 bridgehead atoms. The topological polar surface area (TPSA) is 86.8 Å². The number of benzene rings is 2. The van der Waals surface area contributed by atoms with Gasteiger partial charge in [0.1, 0.15) is 11.9 Å². The molecule has 2 aromatic carbocycles. The minimum absolute atomic E-state index is 0.0539. The summed E-state index contributed by atoms with van der Waals surface area (Å²) >= 11 is 0. The maximum atomic E-state index is 13.4. The van der Waals surface area contributed by atoms with E-state index in [4.69, 9.17) is 0 Å². The predicted molar refractivity (Wildman–Crippen MR) is 142 cm³/mol. The minimum Gasteiger partial charge on any atom is -0.350 e. The van der Waals surface area contributed by atoms with Crippen molar-refractivity contribution in [3.63, 3.8) is 0 Å². The predicted octanol–water partition coefficient (Wildman–Crippen LogP) is 4.40. The molecule has 0 aliphatic heterocycles. The highest BCUT2D eigenvalue weighted by Crippen LogP contribution is 2.20. The fourth-order valence-electron chi connectivity index (χ4n) is 3.99. The van der Waals surface area contributed by atoms with Gasteiger partial charge in [0.15, 0.2) is 0 Å². The first kappa shape index (κ1) is 29.3. The first-order valence-corrected chi connectivity index (χ1v) is 14.0. The van der Waals surface area contributed by atoms with Crippen LogP contribution >= 0.6 is 0 Å². The largest absolute Gasteiger partial charge is 0.350 e. The number of hydrogen-bond donors (Lipinski definition) is 1. The number of anilines is 1. The lowest BCUT2D eigenvalue weighted by molar-refractivity contribution is -0.142. The fourth-order valence-corrected chi connectivity index (χ4v) is 4.96. The average molecular weight is 520 g/mol. The smallest absolute Gasteiger partial charge is 0.243 e. The lowest BCUT2D eigenvalue weighted by atomic mass is 10.0. The van der Waals surface area contributed by atoms with Gasteiger partial charge in [-0.3, -0.25) is 13.9 Å². The maximum absolute atomic E-state index is 13.4. The molecule has 198 valence electrons. The monoisotopic (exact) mass is 519 g/mol. The average Bonchev–Trinajstić information content (AvgIpc) is 2.75. The third-order valence-corrected chi connectivity index (χ3v) is 6.78. The number of hydrogen-bond acceptors (Lipinski definition) is 4. The Morgan fingerprint density at radius 2 is 1.72 bits per heavy atom. The van der Waals surface area contributed by atoms with Crippen molar-refractivity contribution in [1.82, 2.24) is 10.2 Å². The Kier molecular flexibility index (Phi) is 10.0. The molecular formula is C27H38FN3O4S.